The molecule has 18 heavy (non-hydrogen) atoms. The molecule has 1 saturated carbocycles. The van der Waals surface area contributed by atoms with Gasteiger partial charge in [0.15, 0.2) is 0 Å². The third-order valence-electron chi connectivity index (χ3n) is 4.51. The van der Waals surface area contributed by atoms with Crippen LogP contribution in [0.2, 0.25) is 0 Å². The molecule has 2 aliphatic rings. The number of aryl methyl sites for hydroxylation is 1. The Morgan fingerprint density at radius 2 is 1.67 bits per heavy atom. The zero-order valence-corrected chi connectivity index (χ0v) is 11.2. The standard InChI is InChI=1S/C18H22/c1-2-7-14-8-5-6-11-18(14)17-12-15-9-3-4-10-16(15)13-17/h3-6,8-11,15-17H,2,7,12-13H2,1H3. The molecule has 0 amide bonds. The highest BCUT2D eigenvalue weighted by Crippen LogP contribution is 2.45. The van der Waals surface area contributed by atoms with Crippen molar-refractivity contribution in [3.8, 4) is 0 Å². The van der Waals surface area contributed by atoms with Crippen LogP contribution in [0, 0.1) is 11.8 Å². The van der Waals surface area contributed by atoms with Crippen molar-refractivity contribution in [3.05, 3.63) is 59.7 Å². The number of rotatable bonds is 3. The Balaban J connectivity index is 1.84. The van der Waals surface area contributed by atoms with Crippen LogP contribution in [-0.2, 0) is 6.42 Å². The van der Waals surface area contributed by atoms with E-state index in [1.807, 2.05) is 0 Å². The molecule has 1 aromatic carbocycles. The van der Waals surface area contributed by atoms with E-state index in [0.717, 1.165) is 17.8 Å². The van der Waals surface area contributed by atoms with Crippen molar-refractivity contribution < 1.29 is 0 Å². The molecule has 2 atom stereocenters. The SMILES string of the molecule is CCCc1ccccc1C1CC2C=CC=CC2C1. The van der Waals surface area contributed by atoms with E-state index in [-0.39, 0.29) is 0 Å². The van der Waals surface area contributed by atoms with Crippen molar-refractivity contribution in [2.75, 3.05) is 0 Å². The maximum absolute atomic E-state index is 2.41. The van der Waals surface area contributed by atoms with Crippen LogP contribution >= 0.6 is 0 Å². The van der Waals surface area contributed by atoms with Crippen LogP contribution in [0.5, 0.6) is 0 Å². The Morgan fingerprint density at radius 3 is 2.33 bits per heavy atom. The molecule has 0 bridgehead atoms. The Bertz CT molecular complexity index is 447. The van der Waals surface area contributed by atoms with Gasteiger partial charge < -0.3 is 0 Å². The van der Waals surface area contributed by atoms with Crippen LogP contribution in [0.4, 0.5) is 0 Å². The number of hydrogen-bond acceptors (Lipinski definition) is 0. The van der Waals surface area contributed by atoms with Gasteiger partial charge in [-0.1, -0.05) is 61.9 Å². The molecule has 1 fully saturated rings. The molecule has 0 heteroatoms. The van der Waals surface area contributed by atoms with Gasteiger partial charge in [0.25, 0.3) is 0 Å². The number of fused-ring (bicyclic) bond motifs is 1. The lowest BCUT2D eigenvalue weighted by atomic mass is 9.90. The fraction of sp³-hybridized carbons (Fsp3) is 0.444. The van der Waals surface area contributed by atoms with Crippen LogP contribution in [0.1, 0.15) is 43.2 Å². The van der Waals surface area contributed by atoms with Crippen LogP contribution in [0.15, 0.2) is 48.6 Å². The Morgan fingerprint density at radius 1 is 1.00 bits per heavy atom. The summed E-state index contributed by atoms with van der Waals surface area (Å²) in [6, 6.07) is 9.09. The second kappa shape index (κ2) is 5.14. The first-order valence-electron chi connectivity index (χ1n) is 7.31. The van der Waals surface area contributed by atoms with E-state index in [0.29, 0.717) is 0 Å². The lowest BCUT2D eigenvalue weighted by Gasteiger charge is -2.15. The summed E-state index contributed by atoms with van der Waals surface area (Å²) >= 11 is 0. The van der Waals surface area contributed by atoms with Crippen molar-refractivity contribution in [2.24, 2.45) is 11.8 Å². The molecule has 2 aliphatic carbocycles. The normalized spacial score (nSPS) is 29.5. The topological polar surface area (TPSA) is 0 Å². The van der Waals surface area contributed by atoms with E-state index in [2.05, 4.69) is 55.5 Å². The fourth-order valence-electron chi connectivity index (χ4n) is 3.64. The Hall–Kier alpha value is -1.30. The summed E-state index contributed by atoms with van der Waals surface area (Å²) in [5.74, 6) is 2.35. The first-order valence-corrected chi connectivity index (χ1v) is 7.31. The molecule has 0 N–H and O–H groups in total. The highest BCUT2D eigenvalue weighted by Gasteiger charge is 2.33. The maximum atomic E-state index is 2.41. The van der Waals surface area contributed by atoms with Crippen LogP contribution in [0.3, 0.4) is 0 Å². The molecule has 0 nitrogen and oxygen atoms in total. The van der Waals surface area contributed by atoms with Gasteiger partial charge in [0, 0.05) is 0 Å². The van der Waals surface area contributed by atoms with Crippen molar-refractivity contribution in [2.45, 2.75) is 38.5 Å². The first-order chi connectivity index (χ1) is 8.88. The van der Waals surface area contributed by atoms with E-state index in [1.54, 1.807) is 11.1 Å². The zero-order chi connectivity index (χ0) is 12.4. The van der Waals surface area contributed by atoms with E-state index in [1.165, 1.54) is 25.7 Å². The zero-order valence-electron chi connectivity index (χ0n) is 11.2. The molecule has 0 radical (unpaired) electrons. The highest BCUT2D eigenvalue weighted by molar-refractivity contribution is 5.33. The second-order valence-electron chi connectivity index (χ2n) is 5.71. The second-order valence-corrected chi connectivity index (χ2v) is 5.71. The summed E-state index contributed by atoms with van der Waals surface area (Å²) in [6.45, 7) is 2.27. The third kappa shape index (κ3) is 2.16. The van der Waals surface area contributed by atoms with Gasteiger partial charge in [0.1, 0.15) is 0 Å². The fourth-order valence-corrected chi connectivity index (χ4v) is 3.64. The van der Waals surface area contributed by atoms with E-state index < -0.39 is 0 Å². The minimum absolute atomic E-state index is 0.773. The molecule has 1 aromatic rings. The summed E-state index contributed by atoms with van der Waals surface area (Å²) < 4.78 is 0. The maximum Gasteiger partial charge on any atom is -0.0148 e. The molecule has 0 saturated heterocycles. The van der Waals surface area contributed by atoms with Crippen molar-refractivity contribution >= 4 is 0 Å². The van der Waals surface area contributed by atoms with Crippen LogP contribution in [0.25, 0.3) is 0 Å². The predicted molar refractivity (Wildman–Crippen MR) is 77.7 cm³/mol. The lowest BCUT2D eigenvalue weighted by Crippen LogP contribution is -2.03. The van der Waals surface area contributed by atoms with Gasteiger partial charge >= 0.3 is 0 Å². The molecule has 0 aromatic heterocycles. The predicted octanol–water partition coefficient (Wildman–Crippen LogP) is 4.87. The van der Waals surface area contributed by atoms with Gasteiger partial charge in [-0.15, -0.1) is 0 Å². The van der Waals surface area contributed by atoms with E-state index in [9.17, 15) is 0 Å². The van der Waals surface area contributed by atoms with Gasteiger partial charge in [-0.3, -0.25) is 0 Å². The van der Waals surface area contributed by atoms with Crippen LogP contribution in [-0.4, -0.2) is 0 Å². The largest absolute Gasteiger partial charge is 0.0808 e. The van der Waals surface area contributed by atoms with E-state index in [4.69, 9.17) is 0 Å². The first kappa shape index (κ1) is 11.8. The van der Waals surface area contributed by atoms with Crippen molar-refractivity contribution in [3.63, 3.8) is 0 Å². The summed E-state index contributed by atoms with van der Waals surface area (Å²) in [6.07, 6.45) is 14.4. The van der Waals surface area contributed by atoms with Crippen LogP contribution < -0.4 is 0 Å². The van der Waals surface area contributed by atoms with Gasteiger partial charge in [0.05, 0.1) is 0 Å². The van der Waals surface area contributed by atoms with E-state index >= 15 is 0 Å². The average Bonchev–Trinajstić information content (AvgIpc) is 2.83. The van der Waals surface area contributed by atoms with Crippen molar-refractivity contribution in [1.82, 2.24) is 0 Å². The van der Waals surface area contributed by atoms with Gasteiger partial charge in [0.2, 0.25) is 0 Å². The molecular formula is C18H22. The molecule has 94 valence electrons. The molecule has 2 unspecified atom stereocenters. The smallest absolute Gasteiger partial charge is 0.0148 e. The highest BCUT2D eigenvalue weighted by atomic mass is 14.4. The third-order valence-corrected chi connectivity index (χ3v) is 4.51. The number of benzene rings is 1. The van der Waals surface area contributed by atoms with Gasteiger partial charge in [-0.05, 0) is 48.1 Å². The van der Waals surface area contributed by atoms with Gasteiger partial charge in [-0.2, -0.15) is 0 Å². The number of allylic oxidation sites excluding steroid dienone is 4. The quantitative estimate of drug-likeness (QED) is 0.704. The summed E-state index contributed by atoms with van der Waals surface area (Å²) in [4.78, 5) is 0. The minimum Gasteiger partial charge on any atom is -0.0808 e. The minimum atomic E-state index is 0.773. The average molecular weight is 238 g/mol. The molecule has 0 aliphatic heterocycles. The molecular weight excluding hydrogens is 216 g/mol. The summed E-state index contributed by atoms with van der Waals surface area (Å²) in [7, 11) is 0. The Kier molecular flexibility index (Phi) is 3.36. The van der Waals surface area contributed by atoms with Gasteiger partial charge in [-0.25, -0.2) is 0 Å². The molecule has 0 spiro atoms. The van der Waals surface area contributed by atoms with Crippen molar-refractivity contribution in [1.29, 1.82) is 0 Å². The Labute approximate surface area is 110 Å². The number of hydrogen-bond donors (Lipinski definition) is 0. The summed E-state index contributed by atoms with van der Waals surface area (Å²) in [5.41, 5.74) is 3.20. The summed E-state index contributed by atoms with van der Waals surface area (Å²) in [5, 5.41) is 0. The lowest BCUT2D eigenvalue weighted by molar-refractivity contribution is 0.552. The monoisotopic (exact) mass is 238 g/mol. The molecule has 0 heterocycles. The molecule has 3 rings (SSSR count).